The fourth-order valence-electron chi connectivity index (χ4n) is 2.44. The van der Waals surface area contributed by atoms with Crippen molar-refractivity contribution in [2.75, 3.05) is 13.6 Å². The summed E-state index contributed by atoms with van der Waals surface area (Å²) in [5.41, 5.74) is 0.874. The van der Waals surface area contributed by atoms with Crippen LogP contribution in [0.25, 0.3) is 22.1 Å². The minimum absolute atomic E-state index is 0.219. The van der Waals surface area contributed by atoms with Gasteiger partial charge in [-0.05, 0) is 37.5 Å². The molecule has 0 unspecified atom stereocenters. The normalized spacial score (nSPS) is 11.1. The molecule has 0 saturated carbocycles. The predicted molar refractivity (Wildman–Crippen MR) is 81.7 cm³/mol. The van der Waals surface area contributed by atoms with E-state index in [1.165, 1.54) is 6.07 Å². The van der Waals surface area contributed by atoms with Crippen LogP contribution in [0, 0.1) is 5.82 Å². The van der Waals surface area contributed by atoms with Crippen molar-refractivity contribution in [1.29, 1.82) is 0 Å². The van der Waals surface area contributed by atoms with Crippen LogP contribution in [0.1, 0.15) is 12.3 Å². The van der Waals surface area contributed by atoms with E-state index >= 15 is 0 Å². The molecule has 3 aromatic rings. The van der Waals surface area contributed by atoms with Crippen molar-refractivity contribution >= 4 is 10.8 Å². The number of nitrogens with one attached hydrogen (secondary N) is 1. The maximum absolute atomic E-state index is 13.8. The average molecular weight is 284 g/mol. The Labute approximate surface area is 122 Å². The van der Waals surface area contributed by atoms with E-state index < -0.39 is 0 Å². The van der Waals surface area contributed by atoms with Crippen LogP contribution < -0.4 is 5.32 Å². The van der Waals surface area contributed by atoms with E-state index in [1.54, 1.807) is 18.3 Å². The van der Waals surface area contributed by atoms with Crippen LogP contribution in [0.15, 0.2) is 47.0 Å². The number of aryl methyl sites for hydroxylation is 1. The molecule has 0 aliphatic rings. The number of fused-ring (bicyclic) bond motifs is 1. The smallest absolute Gasteiger partial charge is 0.194 e. The summed E-state index contributed by atoms with van der Waals surface area (Å²) in [5, 5.41) is 4.54. The molecule has 1 heterocycles. The van der Waals surface area contributed by atoms with Gasteiger partial charge in [0.2, 0.25) is 0 Å². The van der Waals surface area contributed by atoms with Gasteiger partial charge < -0.3 is 9.73 Å². The number of hydrogen-bond acceptors (Lipinski definition) is 3. The molecule has 0 radical (unpaired) electrons. The Bertz CT molecular complexity index is 751. The number of oxazole rings is 1. The standard InChI is InChI=1S/C17H17FN2O/c1-19-10-4-7-17-20-11-16(21-17)14-8-9-15(18)13-6-3-2-5-12(13)14/h2-3,5-6,8-9,11,19H,4,7,10H2,1H3. The van der Waals surface area contributed by atoms with Crippen LogP contribution in [0.2, 0.25) is 0 Å². The van der Waals surface area contributed by atoms with Crippen molar-refractivity contribution in [3.05, 3.63) is 54.3 Å². The molecule has 0 saturated heterocycles. The van der Waals surface area contributed by atoms with Crippen molar-refractivity contribution in [2.24, 2.45) is 0 Å². The Hall–Kier alpha value is -2.20. The molecular weight excluding hydrogens is 267 g/mol. The third-order valence-corrected chi connectivity index (χ3v) is 3.51. The Balaban J connectivity index is 1.96. The highest BCUT2D eigenvalue weighted by Crippen LogP contribution is 2.30. The first-order chi connectivity index (χ1) is 10.3. The summed E-state index contributed by atoms with van der Waals surface area (Å²) in [6, 6.07) is 10.6. The molecule has 0 atom stereocenters. The Kier molecular flexibility index (Phi) is 3.97. The van der Waals surface area contributed by atoms with Crippen LogP contribution in [0.3, 0.4) is 0 Å². The summed E-state index contributed by atoms with van der Waals surface area (Å²) >= 11 is 0. The van der Waals surface area contributed by atoms with Gasteiger partial charge >= 0.3 is 0 Å². The van der Waals surface area contributed by atoms with E-state index in [1.807, 2.05) is 25.2 Å². The largest absolute Gasteiger partial charge is 0.441 e. The number of hydrogen-bond donors (Lipinski definition) is 1. The van der Waals surface area contributed by atoms with Crippen LogP contribution >= 0.6 is 0 Å². The maximum atomic E-state index is 13.8. The monoisotopic (exact) mass is 284 g/mol. The predicted octanol–water partition coefficient (Wildman–Crippen LogP) is 3.79. The lowest BCUT2D eigenvalue weighted by molar-refractivity contribution is 0.495. The molecule has 108 valence electrons. The summed E-state index contributed by atoms with van der Waals surface area (Å²) in [4.78, 5) is 4.31. The van der Waals surface area contributed by atoms with E-state index in [0.717, 1.165) is 30.3 Å². The van der Waals surface area contributed by atoms with Crippen molar-refractivity contribution < 1.29 is 8.81 Å². The topological polar surface area (TPSA) is 38.1 Å². The maximum Gasteiger partial charge on any atom is 0.194 e. The molecule has 0 amide bonds. The summed E-state index contributed by atoms with van der Waals surface area (Å²) in [6.07, 6.45) is 3.48. The molecule has 4 heteroatoms. The highest BCUT2D eigenvalue weighted by molar-refractivity contribution is 5.95. The SMILES string of the molecule is CNCCCc1ncc(-c2ccc(F)c3ccccc23)o1. The second-order valence-electron chi connectivity index (χ2n) is 4.97. The Morgan fingerprint density at radius 2 is 1.95 bits per heavy atom. The van der Waals surface area contributed by atoms with Crippen LogP contribution in [0.4, 0.5) is 4.39 Å². The van der Waals surface area contributed by atoms with Crippen LogP contribution in [0.5, 0.6) is 0 Å². The third-order valence-electron chi connectivity index (χ3n) is 3.51. The van der Waals surface area contributed by atoms with Gasteiger partial charge in [0.05, 0.1) is 6.20 Å². The molecule has 0 bridgehead atoms. The van der Waals surface area contributed by atoms with Gasteiger partial charge in [-0.1, -0.05) is 24.3 Å². The van der Waals surface area contributed by atoms with Crippen LogP contribution in [-0.2, 0) is 6.42 Å². The highest BCUT2D eigenvalue weighted by Gasteiger charge is 2.11. The lowest BCUT2D eigenvalue weighted by Crippen LogP contribution is -2.08. The van der Waals surface area contributed by atoms with Gasteiger partial charge in [-0.3, -0.25) is 0 Å². The van der Waals surface area contributed by atoms with E-state index in [0.29, 0.717) is 17.0 Å². The molecule has 1 aromatic heterocycles. The van der Waals surface area contributed by atoms with Gasteiger partial charge in [0.25, 0.3) is 0 Å². The molecule has 3 nitrogen and oxygen atoms in total. The Morgan fingerprint density at radius 3 is 2.76 bits per heavy atom. The number of rotatable bonds is 5. The molecule has 1 N–H and O–H groups in total. The summed E-state index contributed by atoms with van der Waals surface area (Å²) in [7, 11) is 1.92. The minimum atomic E-state index is -0.219. The first-order valence-corrected chi connectivity index (χ1v) is 7.06. The quantitative estimate of drug-likeness (QED) is 0.724. The van der Waals surface area contributed by atoms with E-state index in [9.17, 15) is 4.39 Å². The zero-order valence-corrected chi connectivity index (χ0v) is 11.9. The fraction of sp³-hybridized carbons (Fsp3) is 0.235. The van der Waals surface area contributed by atoms with Crippen molar-refractivity contribution in [1.82, 2.24) is 10.3 Å². The lowest BCUT2D eigenvalue weighted by atomic mass is 10.0. The first kappa shape index (κ1) is 13.8. The second kappa shape index (κ2) is 6.06. The molecule has 21 heavy (non-hydrogen) atoms. The summed E-state index contributed by atoms with van der Waals surface area (Å²) in [6.45, 7) is 0.928. The molecule has 0 aliphatic carbocycles. The highest BCUT2D eigenvalue weighted by atomic mass is 19.1. The lowest BCUT2D eigenvalue weighted by Gasteiger charge is -2.04. The van der Waals surface area contributed by atoms with Gasteiger partial charge in [-0.25, -0.2) is 9.37 Å². The van der Waals surface area contributed by atoms with Crippen molar-refractivity contribution in [3.63, 3.8) is 0 Å². The first-order valence-electron chi connectivity index (χ1n) is 7.06. The molecule has 3 rings (SSSR count). The van der Waals surface area contributed by atoms with Gasteiger partial charge in [0, 0.05) is 17.4 Å². The van der Waals surface area contributed by atoms with Crippen molar-refractivity contribution in [3.8, 4) is 11.3 Å². The zero-order valence-electron chi connectivity index (χ0n) is 11.9. The minimum Gasteiger partial charge on any atom is -0.441 e. The van der Waals surface area contributed by atoms with Gasteiger partial charge in [-0.15, -0.1) is 0 Å². The molecule has 0 aliphatic heterocycles. The second-order valence-corrected chi connectivity index (χ2v) is 4.97. The molecule has 0 spiro atoms. The van der Waals surface area contributed by atoms with Crippen molar-refractivity contribution in [2.45, 2.75) is 12.8 Å². The Morgan fingerprint density at radius 1 is 1.14 bits per heavy atom. The van der Waals surface area contributed by atoms with Crippen LogP contribution in [-0.4, -0.2) is 18.6 Å². The van der Waals surface area contributed by atoms with E-state index in [4.69, 9.17) is 4.42 Å². The summed E-state index contributed by atoms with van der Waals surface area (Å²) in [5.74, 6) is 1.18. The number of halogens is 1. The fourth-order valence-corrected chi connectivity index (χ4v) is 2.44. The molecule has 0 fully saturated rings. The molecule has 2 aromatic carbocycles. The van der Waals surface area contributed by atoms with Gasteiger partial charge in [0.1, 0.15) is 5.82 Å². The van der Waals surface area contributed by atoms with E-state index in [-0.39, 0.29) is 5.82 Å². The van der Waals surface area contributed by atoms with E-state index in [2.05, 4.69) is 10.3 Å². The van der Waals surface area contributed by atoms with Gasteiger partial charge in [-0.2, -0.15) is 0 Å². The number of aromatic nitrogens is 1. The third kappa shape index (κ3) is 2.81. The summed E-state index contributed by atoms with van der Waals surface area (Å²) < 4.78 is 19.6. The zero-order chi connectivity index (χ0) is 14.7. The number of nitrogens with zero attached hydrogens (tertiary/aromatic N) is 1. The number of benzene rings is 2. The molecular formula is C17H17FN2O. The average Bonchev–Trinajstić information content (AvgIpc) is 2.97. The van der Waals surface area contributed by atoms with Gasteiger partial charge in [0.15, 0.2) is 11.7 Å².